The Bertz CT molecular complexity index is 1290. The molecule has 0 saturated heterocycles. The van der Waals surface area contributed by atoms with E-state index < -0.39 is 0 Å². The minimum Gasteiger partial charge on any atom is -0.493 e. The van der Waals surface area contributed by atoms with Crippen molar-refractivity contribution in [2.75, 3.05) is 13.2 Å². The molecule has 1 heterocycles. The van der Waals surface area contributed by atoms with Crippen molar-refractivity contribution in [3.63, 3.8) is 0 Å². The number of imidazole rings is 1. The standard InChI is InChI=1S/C31H37N3O2/c1-23(2)25-14-6-9-18-29(25)36-22-11-10-21-34-28-17-8-7-16-27(28)33-30(34)19-12-20-32-31(35)26-15-5-4-13-24(26)3/h4-9,13-18,23H,10-12,19-22H2,1-3H3,(H,32,35). The van der Waals surface area contributed by atoms with Gasteiger partial charge in [-0.2, -0.15) is 0 Å². The first kappa shape index (κ1) is 25.5. The summed E-state index contributed by atoms with van der Waals surface area (Å²) in [6.45, 7) is 8.59. The Morgan fingerprint density at radius 2 is 1.69 bits per heavy atom. The van der Waals surface area contributed by atoms with Crippen molar-refractivity contribution in [1.82, 2.24) is 14.9 Å². The van der Waals surface area contributed by atoms with Crippen LogP contribution >= 0.6 is 0 Å². The molecule has 1 aromatic heterocycles. The molecule has 0 aliphatic rings. The van der Waals surface area contributed by atoms with Gasteiger partial charge in [0.1, 0.15) is 11.6 Å². The first-order valence-electron chi connectivity index (χ1n) is 13.0. The fourth-order valence-electron chi connectivity index (χ4n) is 4.58. The van der Waals surface area contributed by atoms with Gasteiger partial charge in [0.2, 0.25) is 0 Å². The number of aryl methyl sites for hydroxylation is 3. The molecule has 4 rings (SSSR count). The van der Waals surface area contributed by atoms with E-state index in [1.807, 2.05) is 43.3 Å². The highest BCUT2D eigenvalue weighted by molar-refractivity contribution is 5.95. The van der Waals surface area contributed by atoms with E-state index in [1.54, 1.807) is 0 Å². The Morgan fingerprint density at radius 3 is 2.53 bits per heavy atom. The number of aromatic nitrogens is 2. The Kier molecular flexibility index (Phi) is 8.77. The minimum absolute atomic E-state index is 0.0133. The Labute approximate surface area is 214 Å². The summed E-state index contributed by atoms with van der Waals surface area (Å²) in [6, 6.07) is 24.3. The van der Waals surface area contributed by atoms with E-state index in [0.29, 0.717) is 19.1 Å². The maximum absolute atomic E-state index is 12.5. The Balaban J connectivity index is 1.30. The molecular formula is C31H37N3O2. The van der Waals surface area contributed by atoms with Crippen LogP contribution in [0, 0.1) is 6.92 Å². The van der Waals surface area contributed by atoms with Crippen LogP contribution in [-0.2, 0) is 13.0 Å². The van der Waals surface area contributed by atoms with Gasteiger partial charge >= 0.3 is 0 Å². The van der Waals surface area contributed by atoms with Gasteiger partial charge in [-0.1, -0.05) is 62.4 Å². The third kappa shape index (κ3) is 6.34. The predicted octanol–water partition coefficient (Wildman–Crippen LogP) is 6.69. The van der Waals surface area contributed by atoms with E-state index in [9.17, 15) is 4.79 Å². The van der Waals surface area contributed by atoms with E-state index in [2.05, 4.69) is 60.1 Å². The molecule has 0 spiro atoms. The normalized spacial score (nSPS) is 11.2. The number of hydrogen-bond acceptors (Lipinski definition) is 3. The lowest BCUT2D eigenvalue weighted by molar-refractivity contribution is 0.0952. The molecule has 1 N–H and O–H groups in total. The number of carbonyl (C=O) groups is 1. The van der Waals surface area contributed by atoms with Gasteiger partial charge in [0.15, 0.2) is 0 Å². The fraction of sp³-hybridized carbons (Fsp3) is 0.355. The van der Waals surface area contributed by atoms with Crippen LogP contribution < -0.4 is 10.1 Å². The monoisotopic (exact) mass is 483 g/mol. The summed E-state index contributed by atoms with van der Waals surface area (Å²) in [4.78, 5) is 17.4. The lowest BCUT2D eigenvalue weighted by Crippen LogP contribution is -2.25. The van der Waals surface area contributed by atoms with Gasteiger partial charge in [-0.15, -0.1) is 0 Å². The number of para-hydroxylation sites is 3. The molecule has 0 saturated carbocycles. The molecule has 0 atom stereocenters. The maximum atomic E-state index is 12.5. The molecule has 4 aromatic rings. The van der Waals surface area contributed by atoms with Crippen LogP contribution in [-0.4, -0.2) is 28.6 Å². The summed E-state index contributed by atoms with van der Waals surface area (Å²) in [6.07, 6.45) is 3.66. The van der Waals surface area contributed by atoms with E-state index in [0.717, 1.165) is 60.4 Å². The lowest BCUT2D eigenvalue weighted by atomic mass is 10.0. The van der Waals surface area contributed by atoms with Crippen LogP contribution in [0.25, 0.3) is 11.0 Å². The molecular weight excluding hydrogens is 446 g/mol. The molecule has 36 heavy (non-hydrogen) atoms. The van der Waals surface area contributed by atoms with Gasteiger partial charge in [0, 0.05) is 25.1 Å². The number of nitrogens with zero attached hydrogens (tertiary/aromatic N) is 2. The zero-order valence-electron chi connectivity index (χ0n) is 21.7. The van der Waals surface area contributed by atoms with Gasteiger partial charge in [-0.25, -0.2) is 4.98 Å². The van der Waals surface area contributed by atoms with Crippen molar-refractivity contribution in [1.29, 1.82) is 0 Å². The first-order chi connectivity index (χ1) is 17.5. The molecule has 0 aliphatic heterocycles. The summed E-state index contributed by atoms with van der Waals surface area (Å²) in [5, 5.41) is 3.06. The SMILES string of the molecule is Cc1ccccc1C(=O)NCCCc1nc2ccccc2n1CCCCOc1ccccc1C(C)C. The Morgan fingerprint density at radius 1 is 0.944 bits per heavy atom. The van der Waals surface area contributed by atoms with E-state index >= 15 is 0 Å². The fourth-order valence-corrected chi connectivity index (χ4v) is 4.58. The molecule has 0 bridgehead atoms. The molecule has 188 valence electrons. The smallest absolute Gasteiger partial charge is 0.251 e. The van der Waals surface area contributed by atoms with Gasteiger partial charge in [0.05, 0.1) is 17.6 Å². The maximum Gasteiger partial charge on any atom is 0.251 e. The largest absolute Gasteiger partial charge is 0.493 e. The summed E-state index contributed by atoms with van der Waals surface area (Å²) in [7, 11) is 0. The summed E-state index contributed by atoms with van der Waals surface area (Å²) in [5.41, 5.74) is 5.19. The number of carbonyl (C=O) groups excluding carboxylic acids is 1. The minimum atomic E-state index is -0.0133. The number of benzene rings is 3. The average Bonchev–Trinajstić information content (AvgIpc) is 3.24. The van der Waals surface area contributed by atoms with Crippen molar-refractivity contribution in [3.05, 3.63) is 95.3 Å². The second-order valence-corrected chi connectivity index (χ2v) is 9.59. The molecule has 1 amide bonds. The number of rotatable bonds is 12. The molecule has 3 aromatic carbocycles. The van der Waals surface area contributed by atoms with Crippen molar-refractivity contribution in [2.45, 2.75) is 58.9 Å². The zero-order chi connectivity index (χ0) is 25.3. The lowest BCUT2D eigenvalue weighted by Gasteiger charge is -2.14. The van der Waals surface area contributed by atoms with Crippen LogP contribution in [0.5, 0.6) is 5.75 Å². The van der Waals surface area contributed by atoms with Crippen molar-refractivity contribution < 1.29 is 9.53 Å². The van der Waals surface area contributed by atoms with Crippen LogP contribution in [0.2, 0.25) is 0 Å². The quantitative estimate of drug-likeness (QED) is 0.228. The molecule has 0 fully saturated rings. The third-order valence-electron chi connectivity index (χ3n) is 6.56. The van der Waals surface area contributed by atoms with Gasteiger partial charge in [-0.3, -0.25) is 4.79 Å². The predicted molar refractivity (Wildman–Crippen MR) is 147 cm³/mol. The van der Waals surface area contributed by atoms with Crippen LogP contribution in [0.1, 0.15) is 66.3 Å². The highest BCUT2D eigenvalue weighted by Gasteiger charge is 2.12. The zero-order valence-corrected chi connectivity index (χ0v) is 21.7. The molecule has 0 radical (unpaired) electrons. The van der Waals surface area contributed by atoms with Crippen LogP contribution in [0.4, 0.5) is 0 Å². The second kappa shape index (κ2) is 12.4. The van der Waals surface area contributed by atoms with E-state index in [1.165, 1.54) is 11.1 Å². The topological polar surface area (TPSA) is 56.2 Å². The van der Waals surface area contributed by atoms with Crippen LogP contribution in [0.3, 0.4) is 0 Å². The molecule has 0 aliphatic carbocycles. The number of fused-ring (bicyclic) bond motifs is 1. The number of ether oxygens (including phenoxy) is 1. The highest BCUT2D eigenvalue weighted by Crippen LogP contribution is 2.26. The summed E-state index contributed by atoms with van der Waals surface area (Å²) in [5.74, 6) is 2.50. The molecule has 5 heteroatoms. The van der Waals surface area contributed by atoms with E-state index in [-0.39, 0.29) is 5.91 Å². The van der Waals surface area contributed by atoms with Gasteiger partial charge < -0.3 is 14.6 Å². The Hall–Kier alpha value is -3.60. The van der Waals surface area contributed by atoms with Crippen LogP contribution in [0.15, 0.2) is 72.8 Å². The van der Waals surface area contributed by atoms with Gasteiger partial charge in [0.25, 0.3) is 5.91 Å². The highest BCUT2D eigenvalue weighted by atomic mass is 16.5. The van der Waals surface area contributed by atoms with Crippen molar-refractivity contribution in [2.24, 2.45) is 0 Å². The van der Waals surface area contributed by atoms with Crippen molar-refractivity contribution in [3.8, 4) is 5.75 Å². The summed E-state index contributed by atoms with van der Waals surface area (Å²) >= 11 is 0. The second-order valence-electron chi connectivity index (χ2n) is 9.59. The number of amides is 1. The van der Waals surface area contributed by atoms with E-state index in [4.69, 9.17) is 9.72 Å². The molecule has 0 unspecified atom stereocenters. The van der Waals surface area contributed by atoms with Crippen molar-refractivity contribution >= 4 is 16.9 Å². The number of nitrogens with one attached hydrogen (secondary N) is 1. The molecule has 5 nitrogen and oxygen atoms in total. The third-order valence-corrected chi connectivity index (χ3v) is 6.56. The number of unbranched alkanes of at least 4 members (excludes halogenated alkanes) is 1. The van der Waals surface area contributed by atoms with Gasteiger partial charge in [-0.05, 0) is 67.5 Å². The first-order valence-corrected chi connectivity index (χ1v) is 13.0. The number of hydrogen-bond donors (Lipinski definition) is 1. The average molecular weight is 484 g/mol. The summed E-state index contributed by atoms with van der Waals surface area (Å²) < 4.78 is 8.45.